The van der Waals surface area contributed by atoms with Gasteiger partial charge in [-0.05, 0) is 71.9 Å². The molecule has 0 saturated heterocycles. The first-order valence-electron chi connectivity index (χ1n) is 7.32. The maximum absolute atomic E-state index is 11.2. The van der Waals surface area contributed by atoms with Crippen LogP contribution in [-0.4, -0.2) is 18.2 Å². The van der Waals surface area contributed by atoms with E-state index < -0.39 is 5.97 Å². The Morgan fingerprint density at radius 3 is 2.68 bits per heavy atom. The van der Waals surface area contributed by atoms with Crippen LogP contribution >= 0.6 is 0 Å². The smallest absolute Gasteiger partial charge is 0.335 e. The number of carboxylic acid groups (broad SMARTS) is 1. The van der Waals surface area contributed by atoms with E-state index in [4.69, 9.17) is 4.74 Å². The van der Waals surface area contributed by atoms with Crippen molar-refractivity contribution in [1.82, 2.24) is 0 Å². The van der Waals surface area contributed by atoms with Crippen LogP contribution in [0, 0.1) is 6.92 Å². The number of benzene rings is 2. The first-order valence-corrected chi connectivity index (χ1v) is 7.32. The maximum Gasteiger partial charge on any atom is 0.335 e. The molecule has 0 spiro atoms. The number of hydrogen-bond acceptors (Lipinski definition) is 2. The molecule has 0 amide bonds. The molecule has 2 aromatic carbocycles. The highest BCUT2D eigenvalue weighted by molar-refractivity contribution is 5.91. The lowest BCUT2D eigenvalue weighted by Crippen LogP contribution is -2.05. The highest BCUT2D eigenvalue weighted by atomic mass is 16.5. The number of aryl methyl sites for hydroxylation is 2. The predicted octanol–water partition coefficient (Wildman–Crippen LogP) is 4.08. The van der Waals surface area contributed by atoms with Crippen molar-refractivity contribution in [3.63, 3.8) is 0 Å². The third-order valence-corrected chi connectivity index (χ3v) is 4.11. The topological polar surface area (TPSA) is 46.5 Å². The molecule has 1 N–H and O–H groups in total. The molecule has 0 radical (unpaired) electrons. The van der Waals surface area contributed by atoms with Crippen molar-refractivity contribution in [3.8, 4) is 5.75 Å². The number of carbonyl (C=O) groups is 1. The molecule has 0 fully saturated rings. The number of fused-ring (bicyclic) bond motifs is 1. The third-order valence-electron chi connectivity index (χ3n) is 4.11. The summed E-state index contributed by atoms with van der Waals surface area (Å²) in [6.45, 7) is 2.01. The van der Waals surface area contributed by atoms with Crippen LogP contribution in [0.1, 0.15) is 39.0 Å². The summed E-state index contributed by atoms with van der Waals surface area (Å²) in [7, 11) is 1.66. The number of ether oxygens (including phenoxy) is 1. The maximum atomic E-state index is 11.2. The van der Waals surface area contributed by atoms with Crippen molar-refractivity contribution < 1.29 is 14.6 Å². The van der Waals surface area contributed by atoms with Gasteiger partial charge in [0.1, 0.15) is 5.75 Å². The van der Waals surface area contributed by atoms with Gasteiger partial charge in [-0.3, -0.25) is 0 Å². The van der Waals surface area contributed by atoms with Gasteiger partial charge < -0.3 is 9.84 Å². The van der Waals surface area contributed by atoms with E-state index in [1.165, 1.54) is 5.56 Å². The Kier molecular flexibility index (Phi) is 3.72. The van der Waals surface area contributed by atoms with Crippen molar-refractivity contribution >= 4 is 11.5 Å². The lowest BCUT2D eigenvalue weighted by atomic mass is 9.85. The molecule has 112 valence electrons. The fraction of sp³-hybridized carbons (Fsp3) is 0.211. The molecular weight excluding hydrogens is 276 g/mol. The average Bonchev–Trinajstić information content (AvgIpc) is 2.53. The van der Waals surface area contributed by atoms with E-state index in [9.17, 15) is 9.90 Å². The third kappa shape index (κ3) is 2.50. The zero-order chi connectivity index (χ0) is 15.7. The summed E-state index contributed by atoms with van der Waals surface area (Å²) < 4.78 is 5.31. The minimum absolute atomic E-state index is 0.330. The normalized spacial score (nSPS) is 13.3. The van der Waals surface area contributed by atoms with Gasteiger partial charge in [0.15, 0.2) is 0 Å². The van der Waals surface area contributed by atoms with Crippen molar-refractivity contribution in [2.24, 2.45) is 0 Å². The summed E-state index contributed by atoms with van der Waals surface area (Å²) in [5.74, 6) is -0.0293. The number of carboxylic acids is 1. The molecule has 3 nitrogen and oxygen atoms in total. The summed E-state index contributed by atoms with van der Waals surface area (Å²) in [5.41, 5.74) is 5.84. The number of hydrogen-bond donors (Lipinski definition) is 1. The average molecular weight is 294 g/mol. The zero-order valence-electron chi connectivity index (χ0n) is 12.7. The van der Waals surface area contributed by atoms with Gasteiger partial charge >= 0.3 is 5.97 Å². The minimum atomic E-state index is -0.890. The van der Waals surface area contributed by atoms with Gasteiger partial charge in [0.05, 0.1) is 12.7 Å². The van der Waals surface area contributed by atoms with E-state index in [0.29, 0.717) is 5.56 Å². The van der Waals surface area contributed by atoms with E-state index in [-0.39, 0.29) is 0 Å². The largest absolute Gasteiger partial charge is 0.496 e. The standard InChI is InChI=1S/C19H18O3/c1-12-10-14(8-9-18(12)22-2)16-5-3-4-13-6-7-15(19(20)21)11-17(13)16/h5-11H,3-4H2,1-2H3,(H,20,21). The highest BCUT2D eigenvalue weighted by Crippen LogP contribution is 2.34. The van der Waals surface area contributed by atoms with Crippen LogP contribution in [-0.2, 0) is 6.42 Å². The molecule has 3 heteroatoms. The van der Waals surface area contributed by atoms with Gasteiger partial charge in [-0.15, -0.1) is 0 Å². The summed E-state index contributed by atoms with van der Waals surface area (Å²) >= 11 is 0. The van der Waals surface area contributed by atoms with Crippen molar-refractivity contribution in [1.29, 1.82) is 0 Å². The Labute approximate surface area is 129 Å². The fourth-order valence-electron chi connectivity index (χ4n) is 2.98. The lowest BCUT2D eigenvalue weighted by molar-refractivity contribution is 0.0697. The second kappa shape index (κ2) is 5.68. The molecule has 1 aliphatic carbocycles. The van der Waals surface area contributed by atoms with Crippen molar-refractivity contribution in [2.45, 2.75) is 19.8 Å². The van der Waals surface area contributed by atoms with E-state index in [2.05, 4.69) is 12.1 Å². The molecule has 0 heterocycles. The second-order valence-corrected chi connectivity index (χ2v) is 5.52. The van der Waals surface area contributed by atoms with E-state index in [1.54, 1.807) is 19.2 Å². The highest BCUT2D eigenvalue weighted by Gasteiger charge is 2.17. The van der Waals surface area contributed by atoms with Gasteiger partial charge in [-0.2, -0.15) is 0 Å². The molecular formula is C19H18O3. The molecule has 0 unspecified atom stereocenters. The summed E-state index contributed by atoms with van der Waals surface area (Å²) in [4.78, 5) is 11.2. The molecule has 0 atom stereocenters. The summed E-state index contributed by atoms with van der Waals surface area (Å²) in [6, 6.07) is 11.5. The first-order chi connectivity index (χ1) is 10.6. The minimum Gasteiger partial charge on any atom is -0.496 e. The van der Waals surface area contributed by atoms with Crippen molar-refractivity contribution in [3.05, 3.63) is 70.3 Å². The van der Waals surface area contributed by atoms with Crippen LogP contribution in [0.3, 0.4) is 0 Å². The SMILES string of the molecule is COc1ccc(C2=CCCc3ccc(C(=O)O)cc32)cc1C. The molecule has 22 heavy (non-hydrogen) atoms. The number of allylic oxidation sites excluding steroid dienone is 1. The van der Waals surface area contributed by atoms with Gasteiger partial charge in [-0.1, -0.05) is 18.2 Å². The first kappa shape index (κ1) is 14.4. The monoisotopic (exact) mass is 294 g/mol. The Morgan fingerprint density at radius 2 is 2.00 bits per heavy atom. The Hall–Kier alpha value is -2.55. The molecule has 0 saturated carbocycles. The number of aromatic carboxylic acids is 1. The van der Waals surface area contributed by atoms with Gasteiger partial charge in [0.25, 0.3) is 0 Å². The molecule has 0 aromatic heterocycles. The lowest BCUT2D eigenvalue weighted by Gasteiger charge is -2.19. The quantitative estimate of drug-likeness (QED) is 0.927. The predicted molar refractivity (Wildman–Crippen MR) is 86.5 cm³/mol. The van der Waals surface area contributed by atoms with Gasteiger partial charge in [-0.25, -0.2) is 4.79 Å². The number of rotatable bonds is 3. The van der Waals surface area contributed by atoms with Crippen LogP contribution < -0.4 is 4.74 Å². The molecule has 0 bridgehead atoms. The van der Waals surface area contributed by atoms with Crippen LogP contribution in [0.2, 0.25) is 0 Å². The zero-order valence-corrected chi connectivity index (χ0v) is 12.7. The molecule has 0 aliphatic heterocycles. The van der Waals surface area contributed by atoms with Crippen LogP contribution in [0.15, 0.2) is 42.5 Å². The van der Waals surface area contributed by atoms with Crippen LogP contribution in [0.25, 0.3) is 5.57 Å². The number of methoxy groups -OCH3 is 1. The Bertz CT molecular complexity index is 772. The van der Waals surface area contributed by atoms with E-state index >= 15 is 0 Å². The fourth-order valence-corrected chi connectivity index (χ4v) is 2.98. The Balaban J connectivity index is 2.10. The summed E-state index contributed by atoms with van der Waals surface area (Å²) in [6.07, 6.45) is 4.11. The molecule has 2 aromatic rings. The van der Waals surface area contributed by atoms with Crippen LogP contribution in [0.5, 0.6) is 5.75 Å². The second-order valence-electron chi connectivity index (χ2n) is 5.52. The Morgan fingerprint density at radius 1 is 1.18 bits per heavy atom. The van der Waals surface area contributed by atoms with Crippen LogP contribution in [0.4, 0.5) is 0 Å². The van der Waals surface area contributed by atoms with E-state index in [0.717, 1.165) is 40.9 Å². The molecule has 1 aliphatic rings. The van der Waals surface area contributed by atoms with Gasteiger partial charge in [0.2, 0.25) is 0 Å². The van der Waals surface area contributed by atoms with Crippen molar-refractivity contribution in [2.75, 3.05) is 7.11 Å². The molecule has 3 rings (SSSR count). The van der Waals surface area contributed by atoms with Gasteiger partial charge in [0, 0.05) is 0 Å². The van der Waals surface area contributed by atoms with E-state index in [1.807, 2.05) is 25.1 Å². The summed E-state index contributed by atoms with van der Waals surface area (Å²) in [5, 5.41) is 9.22.